The number of hydrogen-bond acceptors (Lipinski definition) is 2. The van der Waals surface area contributed by atoms with Crippen LogP contribution in [0.1, 0.15) is 46.1 Å². The highest BCUT2D eigenvalue weighted by molar-refractivity contribution is 7.92. The molecule has 0 heterocycles. The zero-order valence-electron chi connectivity index (χ0n) is 12.3. The molecule has 1 aromatic carbocycles. The van der Waals surface area contributed by atoms with Crippen molar-refractivity contribution in [1.82, 2.24) is 0 Å². The van der Waals surface area contributed by atoms with Crippen LogP contribution in [0.4, 0.5) is 0 Å². The molecule has 0 bridgehead atoms. The van der Waals surface area contributed by atoms with Crippen LogP contribution in [0.3, 0.4) is 0 Å². The molecule has 0 N–H and O–H groups in total. The maximum atomic E-state index is 12.0. The van der Waals surface area contributed by atoms with Gasteiger partial charge in [0.2, 0.25) is 0 Å². The Morgan fingerprint density at radius 2 is 1.53 bits per heavy atom. The van der Waals surface area contributed by atoms with Gasteiger partial charge in [-0.3, -0.25) is 0 Å². The van der Waals surface area contributed by atoms with Crippen LogP contribution in [0.25, 0.3) is 0 Å². The molecule has 1 aromatic rings. The van der Waals surface area contributed by atoms with Crippen LogP contribution < -0.4 is 0 Å². The third-order valence-corrected chi connectivity index (χ3v) is 5.65. The van der Waals surface area contributed by atoms with E-state index < -0.39 is 9.84 Å². The number of benzene rings is 1. The third-order valence-electron chi connectivity index (χ3n) is 3.48. The van der Waals surface area contributed by atoms with Gasteiger partial charge < -0.3 is 0 Å². The van der Waals surface area contributed by atoms with Crippen molar-refractivity contribution in [2.75, 3.05) is 0 Å². The lowest BCUT2D eigenvalue weighted by atomic mass is 9.89. The summed E-state index contributed by atoms with van der Waals surface area (Å²) in [6.07, 6.45) is 0. The van der Waals surface area contributed by atoms with Crippen molar-refractivity contribution >= 4 is 9.84 Å². The van der Waals surface area contributed by atoms with Gasteiger partial charge in [0.15, 0.2) is 9.84 Å². The summed E-state index contributed by atoms with van der Waals surface area (Å²) < 4.78 is 24.1. The first-order chi connectivity index (χ1) is 8.80. The Balaban J connectivity index is 3.03. The molecule has 3 heteroatoms. The van der Waals surface area contributed by atoms with Crippen molar-refractivity contribution in [2.45, 2.75) is 50.7 Å². The molecule has 2 atom stereocenters. The fourth-order valence-corrected chi connectivity index (χ4v) is 2.93. The first-order valence-corrected chi connectivity index (χ1v) is 8.11. The van der Waals surface area contributed by atoms with Gasteiger partial charge in [0.1, 0.15) is 0 Å². The summed E-state index contributed by atoms with van der Waals surface area (Å²) in [5.41, 5.74) is 1.12. The minimum Gasteiger partial charge on any atom is -0.223 e. The molecule has 0 radical (unpaired) electrons. The first kappa shape index (κ1) is 15.8. The molecule has 104 valence electrons. The fraction of sp³-hybridized carbons (Fsp3) is 0.500. The molecule has 2 unspecified atom stereocenters. The van der Waals surface area contributed by atoms with Gasteiger partial charge in [-0.25, -0.2) is 8.42 Å². The Morgan fingerprint density at radius 1 is 1.00 bits per heavy atom. The van der Waals surface area contributed by atoms with E-state index in [1.54, 1.807) is 26.0 Å². The maximum Gasteiger partial charge on any atom is 0.180 e. The van der Waals surface area contributed by atoms with Crippen molar-refractivity contribution < 1.29 is 8.42 Å². The van der Waals surface area contributed by atoms with Gasteiger partial charge in [-0.05, 0) is 44.4 Å². The third kappa shape index (κ3) is 3.61. The van der Waals surface area contributed by atoms with Crippen LogP contribution in [0.2, 0.25) is 0 Å². The van der Waals surface area contributed by atoms with E-state index >= 15 is 0 Å². The zero-order valence-corrected chi connectivity index (χ0v) is 13.1. The molecule has 0 spiro atoms. The standard InChI is InChI=1S/C16H22O2S/c1-6-7-13(4)14(5)15-8-10-16(11-9-15)19(17,18)12(2)3/h8-14H,1-5H3. The predicted molar refractivity (Wildman–Crippen MR) is 79.8 cm³/mol. The van der Waals surface area contributed by atoms with Crippen molar-refractivity contribution in [1.29, 1.82) is 0 Å². The smallest absolute Gasteiger partial charge is 0.180 e. The van der Waals surface area contributed by atoms with E-state index in [1.165, 1.54) is 0 Å². The highest BCUT2D eigenvalue weighted by Crippen LogP contribution is 2.25. The van der Waals surface area contributed by atoms with E-state index in [9.17, 15) is 8.42 Å². The van der Waals surface area contributed by atoms with E-state index in [2.05, 4.69) is 25.7 Å². The number of rotatable bonds is 4. The normalized spacial score (nSPS) is 14.6. The molecule has 0 fully saturated rings. The van der Waals surface area contributed by atoms with E-state index in [-0.39, 0.29) is 11.2 Å². The fourth-order valence-electron chi connectivity index (χ4n) is 1.87. The Kier molecular flexibility index (Phi) is 5.20. The Bertz CT molecular complexity index is 571. The summed E-state index contributed by atoms with van der Waals surface area (Å²) in [7, 11) is -3.18. The lowest BCUT2D eigenvalue weighted by Crippen LogP contribution is -2.14. The summed E-state index contributed by atoms with van der Waals surface area (Å²) in [6, 6.07) is 7.20. The van der Waals surface area contributed by atoms with E-state index in [0.717, 1.165) is 5.56 Å². The molecule has 0 amide bonds. The van der Waals surface area contributed by atoms with E-state index in [1.807, 2.05) is 19.1 Å². The van der Waals surface area contributed by atoms with E-state index in [0.29, 0.717) is 10.8 Å². The Labute approximate surface area is 117 Å². The van der Waals surface area contributed by atoms with Crippen molar-refractivity contribution in [2.24, 2.45) is 5.92 Å². The van der Waals surface area contributed by atoms with Gasteiger partial charge >= 0.3 is 0 Å². The molecule has 0 aliphatic rings. The second-order valence-electron chi connectivity index (χ2n) is 5.13. The predicted octanol–water partition coefficient (Wildman–Crippen LogP) is 3.63. The molecule has 0 aliphatic carbocycles. The quantitative estimate of drug-likeness (QED) is 0.788. The van der Waals surface area contributed by atoms with Gasteiger partial charge in [-0.1, -0.05) is 31.9 Å². The monoisotopic (exact) mass is 278 g/mol. The molecule has 0 saturated heterocycles. The second-order valence-corrected chi connectivity index (χ2v) is 7.64. The summed E-state index contributed by atoms with van der Waals surface area (Å²) in [4.78, 5) is 0.396. The van der Waals surface area contributed by atoms with Crippen LogP contribution in [0.15, 0.2) is 29.2 Å². The SMILES string of the molecule is CC#CC(C)C(C)c1ccc(S(=O)(=O)C(C)C)cc1. The molecule has 19 heavy (non-hydrogen) atoms. The minimum atomic E-state index is -3.18. The van der Waals surface area contributed by atoms with Crippen LogP contribution in [0, 0.1) is 17.8 Å². The Morgan fingerprint density at radius 3 is 1.95 bits per heavy atom. The lowest BCUT2D eigenvalue weighted by molar-refractivity contribution is 0.586. The molecule has 1 rings (SSSR count). The molecule has 2 nitrogen and oxygen atoms in total. The zero-order chi connectivity index (χ0) is 14.6. The van der Waals surface area contributed by atoms with Gasteiger partial charge in [0, 0.05) is 5.92 Å². The second kappa shape index (κ2) is 6.25. The first-order valence-electron chi connectivity index (χ1n) is 6.56. The van der Waals surface area contributed by atoms with Gasteiger partial charge in [-0.15, -0.1) is 5.92 Å². The number of sulfone groups is 1. The summed E-state index contributed by atoms with van der Waals surface area (Å²) in [5, 5.41) is -0.388. The van der Waals surface area contributed by atoms with Crippen LogP contribution in [-0.4, -0.2) is 13.7 Å². The highest BCUT2D eigenvalue weighted by atomic mass is 32.2. The van der Waals surface area contributed by atoms with Crippen molar-refractivity contribution in [3.05, 3.63) is 29.8 Å². The van der Waals surface area contributed by atoms with E-state index in [4.69, 9.17) is 0 Å². The minimum absolute atomic E-state index is 0.262. The largest absolute Gasteiger partial charge is 0.223 e. The topological polar surface area (TPSA) is 34.1 Å². The molecular formula is C16H22O2S. The van der Waals surface area contributed by atoms with Crippen LogP contribution in [-0.2, 0) is 9.84 Å². The van der Waals surface area contributed by atoms with Gasteiger partial charge in [0.25, 0.3) is 0 Å². The maximum absolute atomic E-state index is 12.0. The number of hydrogen-bond donors (Lipinski definition) is 0. The van der Waals surface area contributed by atoms with Crippen molar-refractivity contribution in [3.8, 4) is 11.8 Å². The Hall–Kier alpha value is -1.27. The molecule has 0 saturated carbocycles. The molecule has 0 aliphatic heterocycles. The summed E-state index contributed by atoms with van der Waals surface area (Å²) >= 11 is 0. The highest BCUT2D eigenvalue weighted by Gasteiger charge is 2.19. The summed E-state index contributed by atoms with van der Waals surface area (Å²) in [5.74, 6) is 6.62. The lowest BCUT2D eigenvalue weighted by Gasteiger charge is -2.16. The molecule has 0 aromatic heterocycles. The van der Waals surface area contributed by atoms with Gasteiger partial charge in [0.05, 0.1) is 10.1 Å². The summed E-state index contributed by atoms with van der Waals surface area (Å²) in [6.45, 7) is 9.43. The average Bonchev–Trinajstić information content (AvgIpc) is 2.38. The average molecular weight is 278 g/mol. The molecular weight excluding hydrogens is 256 g/mol. The van der Waals surface area contributed by atoms with Crippen LogP contribution >= 0.6 is 0 Å². The van der Waals surface area contributed by atoms with Crippen LogP contribution in [0.5, 0.6) is 0 Å². The van der Waals surface area contributed by atoms with Crippen molar-refractivity contribution in [3.63, 3.8) is 0 Å². The van der Waals surface area contributed by atoms with Gasteiger partial charge in [-0.2, -0.15) is 0 Å².